The third-order valence-electron chi connectivity index (χ3n) is 4.68. The first-order valence-electron chi connectivity index (χ1n) is 7.00. The lowest BCUT2D eigenvalue weighted by atomic mass is 9.79. The van der Waals surface area contributed by atoms with Crippen molar-refractivity contribution in [2.24, 2.45) is 11.1 Å². The number of aromatic nitrogens is 1. The summed E-state index contributed by atoms with van der Waals surface area (Å²) in [4.78, 5) is 3.50. The second kappa shape index (κ2) is 4.43. The summed E-state index contributed by atoms with van der Waals surface area (Å²) in [6.45, 7) is 3.01. The fourth-order valence-corrected chi connectivity index (χ4v) is 3.52. The largest absolute Gasteiger partial charge is 0.358 e. The summed E-state index contributed by atoms with van der Waals surface area (Å²) in [6, 6.07) is 8.61. The molecule has 2 heteroatoms. The Morgan fingerprint density at radius 1 is 1.22 bits per heavy atom. The number of H-pyrrole nitrogens is 1. The Morgan fingerprint density at radius 2 is 1.94 bits per heavy atom. The molecule has 2 nitrogen and oxygen atoms in total. The first kappa shape index (κ1) is 11.8. The summed E-state index contributed by atoms with van der Waals surface area (Å²) >= 11 is 0. The Morgan fingerprint density at radius 3 is 2.67 bits per heavy atom. The van der Waals surface area contributed by atoms with Crippen molar-refractivity contribution < 1.29 is 0 Å². The topological polar surface area (TPSA) is 41.8 Å². The summed E-state index contributed by atoms with van der Waals surface area (Å²) < 4.78 is 0. The van der Waals surface area contributed by atoms with Crippen LogP contribution in [0, 0.1) is 12.3 Å². The van der Waals surface area contributed by atoms with E-state index in [4.69, 9.17) is 5.73 Å². The minimum absolute atomic E-state index is 0.357. The molecule has 2 aromatic rings. The average molecular weight is 242 g/mol. The molecule has 0 bridgehead atoms. The number of nitrogens with two attached hydrogens (primary N) is 1. The van der Waals surface area contributed by atoms with Gasteiger partial charge in [-0.05, 0) is 49.8 Å². The van der Waals surface area contributed by atoms with E-state index in [2.05, 4.69) is 36.2 Å². The Balaban J connectivity index is 2.01. The molecule has 18 heavy (non-hydrogen) atoms. The van der Waals surface area contributed by atoms with Crippen LogP contribution >= 0.6 is 0 Å². The highest BCUT2D eigenvalue weighted by Gasteiger charge is 2.33. The van der Waals surface area contributed by atoms with Crippen LogP contribution in [0.25, 0.3) is 10.9 Å². The van der Waals surface area contributed by atoms with Crippen LogP contribution in [0.3, 0.4) is 0 Å². The molecule has 0 spiro atoms. The maximum Gasteiger partial charge on any atom is 0.0458 e. The highest BCUT2D eigenvalue weighted by Crippen LogP contribution is 2.41. The Bertz CT molecular complexity index is 547. The molecule has 0 atom stereocenters. The number of para-hydroxylation sites is 1. The van der Waals surface area contributed by atoms with Crippen molar-refractivity contribution in [3.8, 4) is 0 Å². The third-order valence-corrected chi connectivity index (χ3v) is 4.68. The molecular formula is C16H22N2. The standard InChI is InChI=1S/C16H22N2/c1-12-14(10-16(11-17)8-4-5-9-16)13-6-2-3-7-15(13)18-12/h2-3,6-7,18H,4-5,8-11,17H2,1H3. The molecule has 1 fully saturated rings. The second-order valence-electron chi connectivity index (χ2n) is 5.86. The van der Waals surface area contributed by atoms with Crippen molar-refractivity contribution in [3.63, 3.8) is 0 Å². The van der Waals surface area contributed by atoms with Crippen LogP contribution < -0.4 is 5.73 Å². The predicted molar refractivity (Wildman–Crippen MR) is 76.7 cm³/mol. The van der Waals surface area contributed by atoms with Crippen LogP contribution in [0.4, 0.5) is 0 Å². The number of hydrogen-bond acceptors (Lipinski definition) is 1. The summed E-state index contributed by atoms with van der Waals surface area (Å²) in [7, 11) is 0. The molecule has 1 aromatic heterocycles. The quantitative estimate of drug-likeness (QED) is 0.849. The lowest BCUT2D eigenvalue weighted by Crippen LogP contribution is -2.29. The fraction of sp³-hybridized carbons (Fsp3) is 0.500. The van der Waals surface area contributed by atoms with Gasteiger partial charge in [0.1, 0.15) is 0 Å². The Kier molecular flexibility index (Phi) is 2.90. The van der Waals surface area contributed by atoms with Crippen molar-refractivity contribution >= 4 is 10.9 Å². The van der Waals surface area contributed by atoms with E-state index < -0.39 is 0 Å². The van der Waals surface area contributed by atoms with Crippen LogP contribution in [-0.2, 0) is 6.42 Å². The van der Waals surface area contributed by atoms with E-state index in [9.17, 15) is 0 Å². The van der Waals surface area contributed by atoms with Crippen molar-refractivity contribution in [1.82, 2.24) is 4.98 Å². The molecular weight excluding hydrogens is 220 g/mol. The van der Waals surface area contributed by atoms with E-state index in [1.165, 1.54) is 47.8 Å². The molecule has 1 aliphatic rings. The molecule has 1 saturated carbocycles. The zero-order chi connectivity index (χ0) is 12.6. The summed E-state index contributed by atoms with van der Waals surface area (Å²) in [6.07, 6.45) is 6.42. The Hall–Kier alpha value is -1.28. The smallest absolute Gasteiger partial charge is 0.0458 e. The molecule has 0 radical (unpaired) electrons. The van der Waals surface area contributed by atoms with Gasteiger partial charge in [0.25, 0.3) is 0 Å². The molecule has 3 rings (SSSR count). The van der Waals surface area contributed by atoms with Crippen LogP contribution in [0.2, 0.25) is 0 Å². The van der Waals surface area contributed by atoms with E-state index >= 15 is 0 Å². The first-order chi connectivity index (χ1) is 8.74. The number of nitrogens with one attached hydrogen (secondary N) is 1. The van der Waals surface area contributed by atoms with Crippen LogP contribution in [0.5, 0.6) is 0 Å². The van der Waals surface area contributed by atoms with Gasteiger partial charge in [-0.25, -0.2) is 0 Å². The minimum Gasteiger partial charge on any atom is -0.358 e. The molecule has 0 unspecified atom stereocenters. The van der Waals surface area contributed by atoms with E-state index in [-0.39, 0.29) is 0 Å². The summed E-state index contributed by atoms with van der Waals surface area (Å²) in [5.41, 5.74) is 10.5. The lowest BCUT2D eigenvalue weighted by Gasteiger charge is -2.27. The van der Waals surface area contributed by atoms with Crippen LogP contribution in [0.1, 0.15) is 36.9 Å². The molecule has 96 valence electrons. The minimum atomic E-state index is 0.357. The first-order valence-corrected chi connectivity index (χ1v) is 7.00. The van der Waals surface area contributed by atoms with Gasteiger partial charge < -0.3 is 10.7 Å². The zero-order valence-corrected chi connectivity index (χ0v) is 11.1. The van der Waals surface area contributed by atoms with Crippen LogP contribution in [-0.4, -0.2) is 11.5 Å². The average Bonchev–Trinajstić information content (AvgIpc) is 2.97. The number of hydrogen-bond donors (Lipinski definition) is 2. The van der Waals surface area contributed by atoms with E-state index in [1.54, 1.807) is 0 Å². The highest BCUT2D eigenvalue weighted by atomic mass is 14.7. The van der Waals surface area contributed by atoms with Gasteiger partial charge >= 0.3 is 0 Å². The fourth-order valence-electron chi connectivity index (χ4n) is 3.52. The number of fused-ring (bicyclic) bond motifs is 1. The normalized spacial score (nSPS) is 18.6. The lowest BCUT2D eigenvalue weighted by molar-refractivity contribution is 0.307. The maximum atomic E-state index is 6.07. The predicted octanol–water partition coefficient (Wildman–Crippen LogP) is 3.54. The molecule has 3 N–H and O–H groups in total. The summed E-state index contributed by atoms with van der Waals surface area (Å²) in [5, 5.41) is 1.38. The molecule has 1 heterocycles. The number of aryl methyl sites for hydroxylation is 1. The SMILES string of the molecule is Cc1[nH]c2ccccc2c1CC1(CN)CCCC1. The van der Waals surface area contributed by atoms with Crippen molar-refractivity contribution in [1.29, 1.82) is 0 Å². The van der Waals surface area contributed by atoms with Crippen molar-refractivity contribution in [2.45, 2.75) is 39.0 Å². The van der Waals surface area contributed by atoms with Crippen LogP contribution in [0.15, 0.2) is 24.3 Å². The number of aromatic amines is 1. The van der Waals surface area contributed by atoms with E-state index in [0.29, 0.717) is 5.41 Å². The van der Waals surface area contributed by atoms with Gasteiger partial charge in [-0.3, -0.25) is 0 Å². The summed E-state index contributed by atoms with van der Waals surface area (Å²) in [5.74, 6) is 0. The van der Waals surface area contributed by atoms with Gasteiger partial charge in [-0.2, -0.15) is 0 Å². The second-order valence-corrected chi connectivity index (χ2v) is 5.86. The van der Waals surface area contributed by atoms with E-state index in [1.807, 2.05) is 0 Å². The maximum absolute atomic E-state index is 6.07. The molecule has 0 amide bonds. The van der Waals surface area contributed by atoms with Gasteiger partial charge in [-0.15, -0.1) is 0 Å². The van der Waals surface area contributed by atoms with Gasteiger partial charge in [0.15, 0.2) is 0 Å². The number of rotatable bonds is 3. The number of benzene rings is 1. The van der Waals surface area contributed by atoms with Gasteiger partial charge in [-0.1, -0.05) is 31.0 Å². The van der Waals surface area contributed by atoms with Gasteiger partial charge in [0, 0.05) is 16.6 Å². The molecule has 0 aliphatic heterocycles. The third kappa shape index (κ3) is 1.85. The molecule has 0 saturated heterocycles. The van der Waals surface area contributed by atoms with Gasteiger partial charge in [0.05, 0.1) is 0 Å². The van der Waals surface area contributed by atoms with Crippen molar-refractivity contribution in [3.05, 3.63) is 35.5 Å². The van der Waals surface area contributed by atoms with E-state index in [0.717, 1.165) is 13.0 Å². The molecule has 1 aliphatic carbocycles. The van der Waals surface area contributed by atoms with Gasteiger partial charge in [0.2, 0.25) is 0 Å². The molecule has 1 aromatic carbocycles. The Labute approximate surface area is 109 Å². The van der Waals surface area contributed by atoms with Crippen molar-refractivity contribution in [2.75, 3.05) is 6.54 Å². The zero-order valence-electron chi connectivity index (χ0n) is 11.1. The highest BCUT2D eigenvalue weighted by molar-refractivity contribution is 5.84. The monoisotopic (exact) mass is 242 g/mol.